The average molecular weight is 268 g/mol. The van der Waals surface area contributed by atoms with Crippen molar-refractivity contribution >= 4 is 0 Å². The van der Waals surface area contributed by atoms with E-state index in [1.165, 1.54) is 11.3 Å². The summed E-state index contributed by atoms with van der Waals surface area (Å²) >= 11 is 0. The molecule has 1 aromatic heterocycles. The quantitative estimate of drug-likeness (QED) is 0.773. The fourth-order valence-corrected chi connectivity index (χ4v) is 2.55. The van der Waals surface area contributed by atoms with E-state index < -0.39 is 0 Å². The van der Waals surface area contributed by atoms with Crippen molar-refractivity contribution in [2.45, 2.75) is 39.0 Å². The third-order valence-corrected chi connectivity index (χ3v) is 3.66. The Morgan fingerprint density at radius 1 is 1.10 bits per heavy atom. The molecule has 0 amide bonds. The van der Waals surface area contributed by atoms with E-state index in [2.05, 4.69) is 11.9 Å². The molecule has 0 N–H and O–H groups in total. The lowest BCUT2D eigenvalue weighted by molar-refractivity contribution is 0.294. The van der Waals surface area contributed by atoms with E-state index in [1.807, 2.05) is 30.3 Å². The van der Waals surface area contributed by atoms with E-state index >= 15 is 0 Å². The molecule has 3 nitrogen and oxygen atoms in total. The second kappa shape index (κ2) is 6.04. The number of unbranched alkanes of at least 4 members (excludes halogenated alkanes) is 1. The molecule has 1 aliphatic rings. The van der Waals surface area contributed by atoms with E-state index in [9.17, 15) is 0 Å². The van der Waals surface area contributed by atoms with Gasteiger partial charge in [0.25, 0.3) is 0 Å². The van der Waals surface area contributed by atoms with Gasteiger partial charge in [0.1, 0.15) is 0 Å². The summed E-state index contributed by atoms with van der Waals surface area (Å²) in [7, 11) is 0. The van der Waals surface area contributed by atoms with Crippen LogP contribution in [0, 0.1) is 0 Å². The van der Waals surface area contributed by atoms with Crippen LogP contribution in [0.3, 0.4) is 0 Å². The van der Waals surface area contributed by atoms with Gasteiger partial charge in [-0.1, -0.05) is 43.7 Å². The van der Waals surface area contributed by atoms with Gasteiger partial charge in [-0.3, -0.25) is 0 Å². The normalized spacial score (nSPS) is 13.2. The van der Waals surface area contributed by atoms with Crippen molar-refractivity contribution in [3.8, 4) is 17.3 Å². The molecule has 1 heterocycles. The molecule has 0 bridgehead atoms. The highest BCUT2D eigenvalue weighted by molar-refractivity contribution is 5.56. The second-order valence-corrected chi connectivity index (χ2v) is 5.20. The monoisotopic (exact) mass is 268 g/mol. The third-order valence-electron chi connectivity index (χ3n) is 3.66. The molecule has 0 unspecified atom stereocenters. The summed E-state index contributed by atoms with van der Waals surface area (Å²) in [5.74, 6) is 1.59. The minimum absolute atomic E-state index is 0.744. The van der Waals surface area contributed by atoms with E-state index in [0.29, 0.717) is 0 Å². The molecule has 0 saturated heterocycles. The van der Waals surface area contributed by atoms with Gasteiger partial charge in [-0.05, 0) is 25.7 Å². The van der Waals surface area contributed by atoms with Crippen LogP contribution >= 0.6 is 0 Å². The van der Waals surface area contributed by atoms with E-state index in [4.69, 9.17) is 9.72 Å². The Morgan fingerprint density at radius 2 is 1.95 bits per heavy atom. The Kier molecular flexibility index (Phi) is 3.95. The van der Waals surface area contributed by atoms with Gasteiger partial charge in [-0.15, -0.1) is 0 Å². The number of benzene rings is 1. The van der Waals surface area contributed by atoms with Gasteiger partial charge in [0, 0.05) is 11.1 Å². The summed E-state index contributed by atoms with van der Waals surface area (Å²) in [5, 5.41) is 0. The SMILES string of the molecule is CCCCOc1nc(-c2ccccc2)nc2c1CCC2. The topological polar surface area (TPSA) is 35.0 Å². The van der Waals surface area contributed by atoms with Crippen molar-refractivity contribution in [2.24, 2.45) is 0 Å². The zero-order chi connectivity index (χ0) is 13.8. The largest absolute Gasteiger partial charge is 0.477 e. The lowest BCUT2D eigenvalue weighted by Gasteiger charge is -2.11. The molecule has 1 aliphatic carbocycles. The molecule has 0 radical (unpaired) electrons. The first-order chi connectivity index (χ1) is 9.88. The Bertz CT molecular complexity index is 581. The minimum Gasteiger partial charge on any atom is -0.477 e. The van der Waals surface area contributed by atoms with Crippen LogP contribution in [0.4, 0.5) is 0 Å². The van der Waals surface area contributed by atoms with Crippen LogP contribution < -0.4 is 4.74 Å². The minimum atomic E-state index is 0.744. The maximum absolute atomic E-state index is 5.90. The zero-order valence-corrected chi connectivity index (χ0v) is 11.9. The van der Waals surface area contributed by atoms with Gasteiger partial charge in [-0.25, -0.2) is 4.98 Å². The number of aryl methyl sites for hydroxylation is 1. The Balaban J connectivity index is 1.94. The predicted octanol–water partition coefficient (Wildman–Crippen LogP) is 3.81. The Labute approximate surface area is 120 Å². The van der Waals surface area contributed by atoms with E-state index in [-0.39, 0.29) is 0 Å². The van der Waals surface area contributed by atoms with Gasteiger partial charge in [0.05, 0.1) is 12.3 Å². The summed E-state index contributed by atoms with van der Waals surface area (Å²) in [6, 6.07) is 10.1. The van der Waals surface area contributed by atoms with Crippen molar-refractivity contribution in [3.05, 3.63) is 41.6 Å². The average Bonchev–Trinajstić information content (AvgIpc) is 2.97. The lowest BCUT2D eigenvalue weighted by Crippen LogP contribution is -2.05. The van der Waals surface area contributed by atoms with Gasteiger partial charge in [0.15, 0.2) is 5.82 Å². The fraction of sp³-hybridized carbons (Fsp3) is 0.412. The maximum Gasteiger partial charge on any atom is 0.220 e. The molecule has 2 aromatic rings. The highest BCUT2D eigenvalue weighted by atomic mass is 16.5. The van der Waals surface area contributed by atoms with E-state index in [1.54, 1.807) is 0 Å². The zero-order valence-electron chi connectivity index (χ0n) is 11.9. The molecule has 3 rings (SSSR count). The number of hydrogen-bond acceptors (Lipinski definition) is 3. The summed E-state index contributed by atoms with van der Waals surface area (Å²) in [6.07, 6.45) is 5.46. The third kappa shape index (κ3) is 2.67. The molecule has 0 aliphatic heterocycles. The van der Waals surface area contributed by atoms with Crippen LogP contribution in [-0.2, 0) is 12.8 Å². The Morgan fingerprint density at radius 3 is 2.75 bits per heavy atom. The molecular formula is C17H20N2O. The van der Waals surface area contributed by atoms with Gasteiger partial charge >= 0.3 is 0 Å². The van der Waals surface area contributed by atoms with Crippen molar-refractivity contribution in [1.82, 2.24) is 9.97 Å². The second-order valence-electron chi connectivity index (χ2n) is 5.20. The molecule has 1 aromatic carbocycles. The van der Waals surface area contributed by atoms with Crippen molar-refractivity contribution in [2.75, 3.05) is 6.61 Å². The molecule has 104 valence electrons. The maximum atomic E-state index is 5.90. The van der Waals surface area contributed by atoms with Crippen molar-refractivity contribution < 1.29 is 4.74 Å². The molecular weight excluding hydrogens is 248 g/mol. The predicted molar refractivity (Wildman–Crippen MR) is 79.9 cm³/mol. The summed E-state index contributed by atoms with van der Waals surface area (Å²) < 4.78 is 5.90. The standard InChI is InChI=1S/C17H20N2O/c1-2-3-12-20-17-14-10-7-11-15(14)18-16(19-17)13-8-5-4-6-9-13/h4-6,8-9H,2-3,7,10-12H2,1H3. The molecule has 0 fully saturated rings. The molecule has 0 saturated carbocycles. The number of fused-ring (bicyclic) bond motifs is 1. The first kappa shape index (κ1) is 13.1. The lowest BCUT2D eigenvalue weighted by atomic mass is 10.2. The molecule has 20 heavy (non-hydrogen) atoms. The molecule has 0 spiro atoms. The summed E-state index contributed by atoms with van der Waals surface area (Å²) in [6.45, 7) is 2.91. The Hall–Kier alpha value is -1.90. The van der Waals surface area contributed by atoms with Crippen LogP contribution in [0.1, 0.15) is 37.4 Å². The number of ether oxygens (including phenoxy) is 1. The number of hydrogen-bond donors (Lipinski definition) is 0. The number of rotatable bonds is 5. The van der Waals surface area contributed by atoms with Gasteiger partial charge in [0.2, 0.25) is 5.88 Å². The van der Waals surface area contributed by atoms with Gasteiger partial charge < -0.3 is 4.74 Å². The molecule has 0 atom stereocenters. The highest BCUT2D eigenvalue weighted by Gasteiger charge is 2.20. The molecule has 3 heteroatoms. The highest BCUT2D eigenvalue weighted by Crippen LogP contribution is 2.30. The summed E-state index contributed by atoms with van der Waals surface area (Å²) in [4.78, 5) is 9.37. The van der Waals surface area contributed by atoms with Crippen LogP contribution in [0.25, 0.3) is 11.4 Å². The van der Waals surface area contributed by atoms with Crippen LogP contribution in [0.15, 0.2) is 30.3 Å². The number of nitrogens with zero attached hydrogens (tertiary/aromatic N) is 2. The van der Waals surface area contributed by atoms with Gasteiger partial charge in [-0.2, -0.15) is 4.98 Å². The first-order valence-corrected chi connectivity index (χ1v) is 7.46. The smallest absolute Gasteiger partial charge is 0.220 e. The van der Waals surface area contributed by atoms with Crippen molar-refractivity contribution in [1.29, 1.82) is 0 Å². The van der Waals surface area contributed by atoms with Crippen molar-refractivity contribution in [3.63, 3.8) is 0 Å². The number of aromatic nitrogens is 2. The first-order valence-electron chi connectivity index (χ1n) is 7.46. The fourth-order valence-electron chi connectivity index (χ4n) is 2.55. The van der Waals surface area contributed by atoms with Crippen LogP contribution in [0.2, 0.25) is 0 Å². The van der Waals surface area contributed by atoms with E-state index in [0.717, 1.165) is 56.0 Å². The summed E-state index contributed by atoms with van der Waals surface area (Å²) in [5.41, 5.74) is 3.45. The van der Waals surface area contributed by atoms with Crippen LogP contribution in [-0.4, -0.2) is 16.6 Å². The van der Waals surface area contributed by atoms with Crippen LogP contribution in [0.5, 0.6) is 5.88 Å².